The van der Waals surface area contributed by atoms with Gasteiger partial charge in [-0.05, 0) is 17.7 Å². The number of carbonyl (C=O) groups is 1. The molecular formula is C17H13NO4. The van der Waals surface area contributed by atoms with E-state index >= 15 is 0 Å². The van der Waals surface area contributed by atoms with Crippen LogP contribution in [0.4, 0.5) is 4.79 Å². The Hall–Kier alpha value is -3.08. The Labute approximate surface area is 126 Å². The molecule has 0 aliphatic carbocycles. The van der Waals surface area contributed by atoms with Crippen molar-refractivity contribution in [1.29, 1.82) is 0 Å². The van der Waals surface area contributed by atoms with Crippen LogP contribution in [0.3, 0.4) is 0 Å². The second-order valence-corrected chi connectivity index (χ2v) is 4.63. The molecular weight excluding hydrogens is 282 g/mol. The van der Waals surface area contributed by atoms with Gasteiger partial charge in [-0.1, -0.05) is 48.5 Å². The van der Waals surface area contributed by atoms with Gasteiger partial charge >= 0.3 is 6.16 Å². The predicted octanol–water partition coefficient (Wildman–Crippen LogP) is 3.87. The lowest BCUT2D eigenvalue weighted by molar-refractivity contribution is 0.140. The van der Waals surface area contributed by atoms with Crippen molar-refractivity contribution in [3.05, 3.63) is 66.2 Å². The van der Waals surface area contributed by atoms with Crippen molar-refractivity contribution in [2.75, 3.05) is 0 Å². The Morgan fingerprint density at radius 2 is 1.77 bits per heavy atom. The molecule has 1 aromatic heterocycles. The highest BCUT2D eigenvalue weighted by Gasteiger charge is 2.13. The van der Waals surface area contributed by atoms with Gasteiger partial charge in [0.15, 0.2) is 5.75 Å². The summed E-state index contributed by atoms with van der Waals surface area (Å²) in [6.07, 6.45) is -1.42. The van der Waals surface area contributed by atoms with E-state index in [1.807, 2.05) is 48.5 Å². The fourth-order valence-corrected chi connectivity index (χ4v) is 2.07. The number of para-hydroxylation sites is 1. The van der Waals surface area contributed by atoms with Crippen LogP contribution in [0, 0.1) is 0 Å². The van der Waals surface area contributed by atoms with Crippen LogP contribution in [0.15, 0.2) is 60.7 Å². The second kappa shape index (κ2) is 6.13. The molecule has 3 aromatic rings. The van der Waals surface area contributed by atoms with Crippen molar-refractivity contribution in [2.45, 2.75) is 6.61 Å². The summed E-state index contributed by atoms with van der Waals surface area (Å²) in [6, 6.07) is 18.7. The fourth-order valence-electron chi connectivity index (χ4n) is 2.07. The van der Waals surface area contributed by atoms with E-state index in [1.165, 1.54) is 0 Å². The van der Waals surface area contributed by atoms with Crippen LogP contribution in [0.1, 0.15) is 5.56 Å². The van der Waals surface area contributed by atoms with Gasteiger partial charge in [-0.25, -0.2) is 9.78 Å². The first-order chi connectivity index (χ1) is 10.7. The van der Waals surface area contributed by atoms with Crippen LogP contribution < -0.4 is 9.47 Å². The maximum absolute atomic E-state index is 10.8. The molecule has 2 aromatic carbocycles. The van der Waals surface area contributed by atoms with Crippen LogP contribution in [-0.4, -0.2) is 16.2 Å². The first-order valence-corrected chi connectivity index (χ1v) is 6.69. The SMILES string of the molecule is O=C(O)Oc1nc2ccccc2cc1OCc1ccccc1. The number of aromatic nitrogens is 1. The number of ether oxygens (including phenoxy) is 2. The van der Waals surface area contributed by atoms with Crippen LogP contribution in [0.5, 0.6) is 11.6 Å². The second-order valence-electron chi connectivity index (χ2n) is 4.63. The Morgan fingerprint density at radius 3 is 2.55 bits per heavy atom. The van der Waals surface area contributed by atoms with Gasteiger partial charge in [0.1, 0.15) is 6.61 Å². The lowest BCUT2D eigenvalue weighted by Crippen LogP contribution is -2.07. The largest absolute Gasteiger partial charge is 0.512 e. The van der Waals surface area contributed by atoms with Gasteiger partial charge in [-0.3, -0.25) is 0 Å². The monoisotopic (exact) mass is 295 g/mol. The Kier molecular flexibility index (Phi) is 3.87. The van der Waals surface area contributed by atoms with Crippen LogP contribution in [0.25, 0.3) is 10.9 Å². The van der Waals surface area contributed by atoms with Crippen molar-refractivity contribution >= 4 is 17.1 Å². The number of rotatable bonds is 4. The normalized spacial score (nSPS) is 10.4. The average molecular weight is 295 g/mol. The molecule has 0 radical (unpaired) electrons. The molecule has 0 unspecified atom stereocenters. The summed E-state index contributed by atoms with van der Waals surface area (Å²) in [5, 5.41) is 9.68. The van der Waals surface area contributed by atoms with Crippen LogP contribution >= 0.6 is 0 Å². The molecule has 5 heteroatoms. The van der Waals surface area contributed by atoms with E-state index in [4.69, 9.17) is 14.6 Å². The molecule has 0 aliphatic rings. The van der Waals surface area contributed by atoms with E-state index in [0.717, 1.165) is 10.9 Å². The maximum Gasteiger partial charge on any atom is 0.512 e. The predicted molar refractivity (Wildman–Crippen MR) is 81.2 cm³/mol. The minimum Gasteiger partial charge on any atom is -0.483 e. The Balaban J connectivity index is 1.93. The molecule has 0 aliphatic heterocycles. The van der Waals surface area contributed by atoms with E-state index in [1.54, 1.807) is 12.1 Å². The van der Waals surface area contributed by atoms with E-state index in [0.29, 0.717) is 17.9 Å². The zero-order valence-corrected chi connectivity index (χ0v) is 11.6. The summed E-state index contributed by atoms with van der Waals surface area (Å²) in [5.74, 6) is 0.243. The van der Waals surface area contributed by atoms with Gasteiger partial charge in [-0.2, -0.15) is 0 Å². The number of benzene rings is 2. The number of fused-ring (bicyclic) bond motifs is 1. The smallest absolute Gasteiger partial charge is 0.483 e. The standard InChI is InChI=1S/C17H13NO4/c19-17(20)22-16-15(21-11-12-6-2-1-3-7-12)10-13-8-4-5-9-14(13)18-16/h1-10H,11H2,(H,19,20). The highest BCUT2D eigenvalue weighted by molar-refractivity contribution is 5.81. The van der Waals surface area contributed by atoms with E-state index < -0.39 is 6.16 Å². The zero-order chi connectivity index (χ0) is 15.4. The van der Waals surface area contributed by atoms with Crippen LogP contribution in [0.2, 0.25) is 0 Å². The zero-order valence-electron chi connectivity index (χ0n) is 11.6. The number of hydrogen-bond donors (Lipinski definition) is 1. The molecule has 0 spiro atoms. The molecule has 0 bridgehead atoms. The van der Waals surface area contributed by atoms with Gasteiger partial charge in [0.2, 0.25) is 0 Å². The molecule has 1 N–H and O–H groups in total. The minimum absolute atomic E-state index is 0.0536. The number of hydrogen-bond acceptors (Lipinski definition) is 4. The number of pyridine rings is 1. The summed E-state index contributed by atoms with van der Waals surface area (Å²) >= 11 is 0. The molecule has 0 amide bonds. The third kappa shape index (κ3) is 3.15. The summed E-state index contributed by atoms with van der Waals surface area (Å²) in [5.41, 5.74) is 1.61. The third-order valence-electron chi connectivity index (χ3n) is 3.08. The molecule has 110 valence electrons. The molecule has 1 heterocycles. The molecule has 0 fully saturated rings. The number of nitrogens with zero attached hydrogens (tertiary/aromatic N) is 1. The van der Waals surface area contributed by atoms with Gasteiger partial charge in [-0.15, -0.1) is 0 Å². The molecule has 0 saturated carbocycles. The van der Waals surface area contributed by atoms with Gasteiger partial charge in [0.25, 0.3) is 5.88 Å². The Morgan fingerprint density at radius 1 is 1.05 bits per heavy atom. The summed E-state index contributed by atoms with van der Waals surface area (Å²) < 4.78 is 10.4. The third-order valence-corrected chi connectivity index (χ3v) is 3.08. The lowest BCUT2D eigenvalue weighted by atomic mass is 10.2. The van der Waals surface area contributed by atoms with Crippen molar-refractivity contribution in [3.63, 3.8) is 0 Å². The maximum atomic E-state index is 10.8. The van der Waals surface area contributed by atoms with Crippen molar-refractivity contribution < 1.29 is 19.4 Å². The molecule has 22 heavy (non-hydrogen) atoms. The quantitative estimate of drug-likeness (QED) is 0.740. The first-order valence-electron chi connectivity index (χ1n) is 6.69. The van der Waals surface area contributed by atoms with Crippen molar-refractivity contribution in [2.24, 2.45) is 0 Å². The first kappa shape index (κ1) is 13.9. The van der Waals surface area contributed by atoms with E-state index in [-0.39, 0.29) is 5.88 Å². The van der Waals surface area contributed by atoms with Gasteiger partial charge in [0, 0.05) is 5.39 Å². The number of carboxylic acid groups (broad SMARTS) is 1. The Bertz CT molecular complexity index is 802. The summed E-state index contributed by atoms with van der Waals surface area (Å²) in [6.45, 7) is 0.302. The highest BCUT2D eigenvalue weighted by Crippen LogP contribution is 2.30. The average Bonchev–Trinajstić information content (AvgIpc) is 2.53. The lowest BCUT2D eigenvalue weighted by Gasteiger charge is -2.11. The van der Waals surface area contributed by atoms with E-state index in [2.05, 4.69) is 4.98 Å². The van der Waals surface area contributed by atoms with Crippen molar-refractivity contribution in [1.82, 2.24) is 4.98 Å². The fraction of sp³-hybridized carbons (Fsp3) is 0.0588. The molecule has 3 rings (SSSR count). The van der Waals surface area contributed by atoms with Gasteiger partial charge in [0.05, 0.1) is 5.52 Å². The van der Waals surface area contributed by atoms with E-state index in [9.17, 15) is 4.79 Å². The summed E-state index contributed by atoms with van der Waals surface area (Å²) in [7, 11) is 0. The highest BCUT2D eigenvalue weighted by atomic mass is 16.7. The van der Waals surface area contributed by atoms with Crippen molar-refractivity contribution in [3.8, 4) is 11.6 Å². The molecule has 5 nitrogen and oxygen atoms in total. The van der Waals surface area contributed by atoms with Gasteiger partial charge < -0.3 is 14.6 Å². The molecule has 0 saturated heterocycles. The molecule has 0 atom stereocenters. The van der Waals surface area contributed by atoms with Crippen LogP contribution in [-0.2, 0) is 6.61 Å². The topological polar surface area (TPSA) is 68.7 Å². The summed E-state index contributed by atoms with van der Waals surface area (Å²) in [4.78, 5) is 15.0. The minimum atomic E-state index is -1.42.